The Kier molecular flexibility index (Phi) is 1.78. The van der Waals surface area contributed by atoms with Crippen molar-refractivity contribution in [3.8, 4) is 0 Å². The molecule has 1 atom stereocenters. The normalized spacial score (nSPS) is 20.7. The summed E-state index contributed by atoms with van der Waals surface area (Å²) in [5, 5.41) is 0.609. The number of benzene rings is 1. The van der Waals surface area contributed by atoms with Gasteiger partial charge in [0.25, 0.3) is 0 Å². The highest BCUT2D eigenvalue weighted by molar-refractivity contribution is 6.31. The number of nitrogens with two attached hydrogens (primary N) is 1. The predicted octanol–water partition coefficient (Wildman–Crippen LogP) is 1.32. The number of amides is 1. The van der Waals surface area contributed by atoms with E-state index >= 15 is 0 Å². The van der Waals surface area contributed by atoms with E-state index in [4.69, 9.17) is 17.3 Å². The molecule has 68 valence electrons. The van der Waals surface area contributed by atoms with E-state index in [0.717, 1.165) is 11.3 Å². The highest BCUT2D eigenvalue weighted by Gasteiger charge is 2.32. The zero-order valence-electron chi connectivity index (χ0n) is 7.12. The Bertz CT molecular complexity index is 378. The average Bonchev–Trinajstić information content (AvgIpc) is 2.32. The molecular weight excluding hydrogens is 188 g/mol. The number of carbonyl (C=O) groups is 1. The van der Waals surface area contributed by atoms with E-state index in [2.05, 4.69) is 0 Å². The van der Waals surface area contributed by atoms with Gasteiger partial charge >= 0.3 is 0 Å². The van der Waals surface area contributed by atoms with Crippen molar-refractivity contribution >= 4 is 23.2 Å². The zero-order chi connectivity index (χ0) is 9.59. The van der Waals surface area contributed by atoms with Crippen LogP contribution in [0.2, 0.25) is 5.02 Å². The summed E-state index contributed by atoms with van der Waals surface area (Å²) >= 11 is 5.80. The molecule has 1 aliphatic rings. The van der Waals surface area contributed by atoms with Gasteiger partial charge in [-0.25, -0.2) is 0 Å². The molecule has 1 aromatic carbocycles. The van der Waals surface area contributed by atoms with Crippen LogP contribution in [-0.4, -0.2) is 13.0 Å². The Morgan fingerprint density at radius 1 is 1.54 bits per heavy atom. The van der Waals surface area contributed by atoms with Crippen molar-refractivity contribution in [3.05, 3.63) is 28.8 Å². The van der Waals surface area contributed by atoms with Gasteiger partial charge in [-0.1, -0.05) is 11.6 Å². The minimum atomic E-state index is -0.557. The molecule has 1 aromatic rings. The van der Waals surface area contributed by atoms with E-state index in [1.54, 1.807) is 24.1 Å². The maximum Gasteiger partial charge on any atom is 0.248 e. The number of carbonyl (C=O) groups excluding carboxylic acids is 1. The summed E-state index contributed by atoms with van der Waals surface area (Å²) in [4.78, 5) is 13.0. The van der Waals surface area contributed by atoms with E-state index in [1.807, 2.05) is 6.07 Å². The van der Waals surface area contributed by atoms with E-state index in [0.29, 0.717) is 5.02 Å². The van der Waals surface area contributed by atoms with Gasteiger partial charge in [-0.3, -0.25) is 4.79 Å². The fourth-order valence-corrected chi connectivity index (χ4v) is 1.72. The van der Waals surface area contributed by atoms with Crippen molar-refractivity contribution in [2.45, 2.75) is 6.04 Å². The number of likely N-dealkylation sites (N-methyl/N-ethyl adjacent to an activating group) is 1. The van der Waals surface area contributed by atoms with Gasteiger partial charge in [0.15, 0.2) is 0 Å². The molecule has 0 saturated heterocycles. The SMILES string of the molecule is CN1C(=O)[C@@H](N)c2cc(Cl)ccc21. The summed E-state index contributed by atoms with van der Waals surface area (Å²) in [7, 11) is 1.71. The van der Waals surface area contributed by atoms with Gasteiger partial charge in [-0.15, -0.1) is 0 Å². The number of anilines is 1. The first-order chi connectivity index (χ1) is 6.11. The lowest BCUT2D eigenvalue weighted by atomic mass is 10.1. The third-order valence-electron chi connectivity index (χ3n) is 2.28. The molecule has 1 heterocycles. The van der Waals surface area contributed by atoms with E-state index < -0.39 is 6.04 Å². The summed E-state index contributed by atoms with van der Waals surface area (Å²) in [5.74, 6) is -0.0859. The Hall–Kier alpha value is -1.06. The number of nitrogens with zero attached hydrogens (tertiary/aromatic N) is 1. The van der Waals surface area contributed by atoms with Crippen LogP contribution in [0.25, 0.3) is 0 Å². The maximum absolute atomic E-state index is 11.4. The van der Waals surface area contributed by atoms with Crippen LogP contribution < -0.4 is 10.6 Å². The first-order valence-corrected chi connectivity index (χ1v) is 4.31. The molecule has 0 bridgehead atoms. The summed E-state index contributed by atoms with van der Waals surface area (Å²) in [5.41, 5.74) is 7.35. The Morgan fingerprint density at radius 2 is 2.23 bits per heavy atom. The van der Waals surface area contributed by atoms with E-state index in [1.165, 1.54) is 0 Å². The molecule has 0 saturated carbocycles. The molecule has 0 radical (unpaired) electrons. The van der Waals surface area contributed by atoms with Crippen molar-refractivity contribution in [2.75, 3.05) is 11.9 Å². The van der Waals surface area contributed by atoms with Crippen molar-refractivity contribution < 1.29 is 4.79 Å². The van der Waals surface area contributed by atoms with Crippen LogP contribution in [0.1, 0.15) is 11.6 Å². The number of hydrogen-bond donors (Lipinski definition) is 1. The Balaban J connectivity index is 2.60. The first-order valence-electron chi connectivity index (χ1n) is 3.94. The lowest BCUT2D eigenvalue weighted by Gasteiger charge is -2.08. The lowest BCUT2D eigenvalue weighted by Crippen LogP contribution is -2.27. The van der Waals surface area contributed by atoms with Crippen molar-refractivity contribution in [1.82, 2.24) is 0 Å². The lowest BCUT2D eigenvalue weighted by molar-refractivity contribution is -0.118. The number of fused-ring (bicyclic) bond motifs is 1. The van der Waals surface area contributed by atoms with Crippen molar-refractivity contribution in [2.24, 2.45) is 5.73 Å². The fraction of sp³-hybridized carbons (Fsp3) is 0.222. The summed E-state index contributed by atoms with van der Waals surface area (Å²) in [6.45, 7) is 0. The van der Waals surface area contributed by atoms with Crippen LogP contribution in [0, 0.1) is 0 Å². The van der Waals surface area contributed by atoms with Crippen LogP contribution in [-0.2, 0) is 4.79 Å². The van der Waals surface area contributed by atoms with Crippen molar-refractivity contribution in [1.29, 1.82) is 0 Å². The molecular formula is C9H9ClN2O. The smallest absolute Gasteiger partial charge is 0.248 e. The second-order valence-corrected chi connectivity index (χ2v) is 3.51. The largest absolute Gasteiger partial charge is 0.316 e. The summed E-state index contributed by atoms with van der Waals surface area (Å²) in [6.07, 6.45) is 0. The molecule has 0 spiro atoms. The van der Waals surface area contributed by atoms with Crippen LogP contribution in [0.5, 0.6) is 0 Å². The predicted molar refractivity (Wildman–Crippen MR) is 51.8 cm³/mol. The maximum atomic E-state index is 11.4. The topological polar surface area (TPSA) is 46.3 Å². The summed E-state index contributed by atoms with van der Waals surface area (Å²) in [6, 6.07) is 4.74. The molecule has 2 rings (SSSR count). The molecule has 0 aliphatic carbocycles. The summed E-state index contributed by atoms with van der Waals surface area (Å²) < 4.78 is 0. The van der Waals surface area contributed by atoms with E-state index in [9.17, 15) is 4.79 Å². The minimum absolute atomic E-state index is 0.0859. The highest BCUT2D eigenvalue weighted by Crippen LogP contribution is 2.34. The fourth-order valence-electron chi connectivity index (χ4n) is 1.54. The van der Waals surface area contributed by atoms with Crippen LogP contribution >= 0.6 is 11.6 Å². The molecule has 2 N–H and O–H groups in total. The molecule has 4 heteroatoms. The van der Waals surface area contributed by atoms with Gasteiger partial charge in [-0.05, 0) is 18.2 Å². The van der Waals surface area contributed by atoms with Gasteiger partial charge in [-0.2, -0.15) is 0 Å². The molecule has 0 fully saturated rings. The molecule has 1 amide bonds. The van der Waals surface area contributed by atoms with Gasteiger partial charge in [0.2, 0.25) is 5.91 Å². The highest BCUT2D eigenvalue weighted by atomic mass is 35.5. The molecule has 1 aliphatic heterocycles. The van der Waals surface area contributed by atoms with Crippen molar-refractivity contribution in [3.63, 3.8) is 0 Å². The Morgan fingerprint density at radius 3 is 2.92 bits per heavy atom. The molecule has 13 heavy (non-hydrogen) atoms. The van der Waals surface area contributed by atoms with Gasteiger partial charge in [0, 0.05) is 23.3 Å². The van der Waals surface area contributed by atoms with Crippen LogP contribution in [0.4, 0.5) is 5.69 Å². The van der Waals surface area contributed by atoms with Crippen LogP contribution in [0.3, 0.4) is 0 Å². The molecule has 0 unspecified atom stereocenters. The van der Waals surface area contributed by atoms with Gasteiger partial charge in [0.1, 0.15) is 6.04 Å². The monoisotopic (exact) mass is 196 g/mol. The van der Waals surface area contributed by atoms with Gasteiger partial charge in [0.05, 0.1) is 0 Å². The third kappa shape index (κ3) is 1.12. The quantitative estimate of drug-likeness (QED) is 0.680. The molecule has 3 nitrogen and oxygen atoms in total. The van der Waals surface area contributed by atoms with Gasteiger partial charge < -0.3 is 10.6 Å². The second-order valence-electron chi connectivity index (χ2n) is 3.08. The zero-order valence-corrected chi connectivity index (χ0v) is 7.88. The minimum Gasteiger partial charge on any atom is -0.316 e. The standard InChI is InChI=1S/C9H9ClN2O/c1-12-7-3-2-5(10)4-6(7)8(11)9(12)13/h2-4,8H,11H2,1H3/t8-/m0/s1. The number of hydrogen-bond acceptors (Lipinski definition) is 2. The van der Waals surface area contributed by atoms with E-state index in [-0.39, 0.29) is 5.91 Å². The Labute approximate surface area is 81.1 Å². The second kappa shape index (κ2) is 2.72. The average molecular weight is 197 g/mol. The van der Waals surface area contributed by atoms with Crippen LogP contribution in [0.15, 0.2) is 18.2 Å². The number of halogens is 1. The third-order valence-corrected chi connectivity index (χ3v) is 2.52. The number of rotatable bonds is 0. The molecule has 0 aromatic heterocycles. The first kappa shape index (κ1) is 8.53.